The molecule has 0 spiro atoms. The van der Waals surface area contributed by atoms with Crippen molar-refractivity contribution < 1.29 is 88.2 Å². The van der Waals surface area contributed by atoms with Crippen molar-refractivity contribution in [2.24, 2.45) is 11.7 Å². The quantitative estimate of drug-likeness (QED) is 0.0340. The average Bonchev–Trinajstić information content (AvgIpc) is 3.24. The Hall–Kier alpha value is -8.99. The minimum absolute atomic E-state index is 0.0165. The van der Waals surface area contributed by atoms with E-state index < -0.39 is 150 Å². The number of nitrogens with two attached hydrogens (primary N) is 1. The smallest absolute Gasteiger partial charge is 0.325 e. The molecule has 2 aliphatic heterocycles. The Kier molecular flexibility index (Phi) is 24.4. The van der Waals surface area contributed by atoms with Gasteiger partial charge in [0.1, 0.15) is 71.6 Å². The number of hydrogen-bond acceptors (Lipinski definition) is 17. The van der Waals surface area contributed by atoms with E-state index in [-0.39, 0.29) is 74.6 Å². The average molecular weight is 1210 g/mol. The van der Waals surface area contributed by atoms with Gasteiger partial charge < -0.3 is 83.4 Å². The first kappa shape index (κ1) is 66.8. The maximum absolute atomic E-state index is 14.5. The number of carbonyl (C=O) groups is 12. The molecule has 10 atom stereocenters. The molecule has 28 nitrogen and oxygen atoms in total. The molecule has 5 rings (SSSR count). The number of nitrogens with one attached hydrogen (secondary N) is 7. The number of amides is 9. The number of rotatable bonds is 29. The van der Waals surface area contributed by atoms with E-state index in [0.29, 0.717) is 23.1 Å². The molecule has 460 valence electrons. The molecule has 0 aliphatic carbocycles. The summed E-state index contributed by atoms with van der Waals surface area (Å²) >= 11 is 4.08. The minimum Gasteiger partial charge on any atom is -0.508 e. The number of carbonyl (C=O) groups excluding carboxylic acids is 9. The van der Waals surface area contributed by atoms with E-state index in [1.165, 1.54) is 79.4 Å². The lowest BCUT2D eigenvalue weighted by Crippen LogP contribution is -2.61. The van der Waals surface area contributed by atoms with Crippen LogP contribution in [0.15, 0.2) is 72.8 Å². The van der Waals surface area contributed by atoms with Crippen molar-refractivity contribution in [3.8, 4) is 17.2 Å². The molecule has 3 aromatic carbocycles. The Bertz CT molecular complexity index is 2930. The van der Waals surface area contributed by atoms with Crippen molar-refractivity contribution in [1.82, 2.24) is 47.0 Å². The summed E-state index contributed by atoms with van der Waals surface area (Å²) in [5.41, 5.74) is 7.22. The predicted octanol–water partition coefficient (Wildman–Crippen LogP) is -1.83. The number of aromatic hydroxyl groups is 3. The molecule has 0 radical (unpaired) electrons. The van der Waals surface area contributed by atoms with Crippen LogP contribution in [0.5, 0.6) is 17.2 Å². The van der Waals surface area contributed by atoms with E-state index in [4.69, 9.17) is 5.73 Å². The lowest BCUT2D eigenvalue weighted by molar-refractivity contribution is -0.145. The van der Waals surface area contributed by atoms with E-state index in [0.717, 1.165) is 11.8 Å². The summed E-state index contributed by atoms with van der Waals surface area (Å²) in [6.07, 6.45) is -2.11. The highest BCUT2D eigenvalue weighted by Crippen LogP contribution is 2.24. The number of carboxylic acid groups (broad SMARTS) is 3. The van der Waals surface area contributed by atoms with Crippen LogP contribution in [0.4, 0.5) is 0 Å². The minimum atomic E-state index is -1.92. The number of carboxylic acids is 3. The number of phenols is 3. The maximum Gasteiger partial charge on any atom is 0.325 e. The van der Waals surface area contributed by atoms with Gasteiger partial charge in [0.15, 0.2) is 0 Å². The molecule has 29 heteroatoms. The van der Waals surface area contributed by atoms with Gasteiger partial charge in [0.25, 0.3) is 0 Å². The standard InChI is InChI=1S/C56H72N10O18S/c1-28(2)46(55(82)66-21-5-7-43(66)53(80)62-39(25-44(70)71)50(77)59-37(48(75)58-29(3)56(83)84)22-30-8-14-33(67)15-9-30)64-51(78)40(26-45(72)73)60-49(76)38(23-31-10-16-34(68)17-11-31)61-52(79)42-6-4-20-65(42)54(81)41(63-47(74)36(57)27-85)24-32-12-18-35(69)19-13-32/h8-19,28-29,36-43,46,67-69,85H,4-7,20-27,57H2,1-3H3,(H,58,75)(H,59,77)(H,60,76)(H,61,79)(H,62,80)(H,63,74)(H,64,78)(H,70,71)(H,72,73)(H,83,84)/t29-,36-,37-,38-,39-,40-,41-,42-,43-,46-/m0/s1. The number of thiol groups is 1. The fourth-order valence-corrected chi connectivity index (χ4v) is 9.73. The Morgan fingerprint density at radius 1 is 0.494 bits per heavy atom. The summed E-state index contributed by atoms with van der Waals surface area (Å²) in [7, 11) is 0. The van der Waals surface area contributed by atoms with Gasteiger partial charge in [-0.25, -0.2) is 0 Å². The van der Waals surface area contributed by atoms with Crippen LogP contribution in [0, 0.1) is 5.92 Å². The van der Waals surface area contributed by atoms with Gasteiger partial charge in [-0.1, -0.05) is 50.2 Å². The van der Waals surface area contributed by atoms with Gasteiger partial charge in [0.05, 0.1) is 18.9 Å². The number of benzene rings is 3. The SMILES string of the molecule is CC(C)[C@H](NC(=O)[C@H](CC(=O)O)NC(=O)[C@H](Cc1ccc(O)cc1)NC(=O)[C@@H]1CCCN1C(=O)[C@H](Cc1ccc(O)cc1)NC(=O)[C@@H](N)CS)C(=O)N1CCC[C@H]1C(=O)N[C@@H](CC(=O)O)C(=O)N[C@@H](Cc1ccc(O)cc1)C(=O)N[C@@H](C)C(=O)O. The molecule has 2 fully saturated rings. The molecule has 2 heterocycles. The van der Waals surface area contributed by atoms with Crippen molar-refractivity contribution >= 4 is 83.7 Å². The number of likely N-dealkylation sites (tertiary alicyclic amines) is 2. The van der Waals surface area contributed by atoms with E-state index in [9.17, 15) is 88.2 Å². The molecule has 9 amide bonds. The van der Waals surface area contributed by atoms with Gasteiger partial charge in [-0.2, -0.15) is 12.6 Å². The highest BCUT2D eigenvalue weighted by atomic mass is 32.1. The summed E-state index contributed by atoms with van der Waals surface area (Å²) in [4.78, 5) is 164. The molecule has 3 aromatic rings. The highest BCUT2D eigenvalue weighted by Gasteiger charge is 2.43. The molecule has 0 aromatic heterocycles. The Balaban J connectivity index is 1.34. The summed E-state index contributed by atoms with van der Waals surface area (Å²) in [6.45, 7) is 4.18. The van der Waals surface area contributed by atoms with Gasteiger partial charge in [-0.3, -0.25) is 57.5 Å². The molecule has 0 saturated carbocycles. The van der Waals surface area contributed by atoms with Crippen LogP contribution in [0.2, 0.25) is 0 Å². The fraction of sp³-hybridized carbons (Fsp3) is 0.464. The lowest BCUT2D eigenvalue weighted by atomic mass is 10.0. The van der Waals surface area contributed by atoms with Crippen molar-refractivity contribution in [3.63, 3.8) is 0 Å². The molecule has 2 saturated heterocycles. The normalized spacial score (nSPS) is 17.5. The van der Waals surface area contributed by atoms with Gasteiger partial charge in [-0.05, 0) is 91.6 Å². The largest absolute Gasteiger partial charge is 0.508 e. The topological polar surface area (TPSA) is 443 Å². The highest BCUT2D eigenvalue weighted by molar-refractivity contribution is 7.80. The van der Waals surface area contributed by atoms with Gasteiger partial charge >= 0.3 is 17.9 Å². The van der Waals surface area contributed by atoms with Gasteiger partial charge in [-0.15, -0.1) is 0 Å². The third-order valence-electron chi connectivity index (χ3n) is 14.2. The fourth-order valence-electron chi connectivity index (χ4n) is 9.56. The summed E-state index contributed by atoms with van der Waals surface area (Å²) in [6, 6.07) is 2.05. The second kappa shape index (κ2) is 31.1. The van der Waals surface area contributed by atoms with E-state index in [1.807, 2.05) is 0 Å². The number of nitrogens with zero attached hydrogens (tertiary/aromatic N) is 2. The summed E-state index contributed by atoms with van der Waals surface area (Å²) in [5, 5.41) is 75.9. The first-order chi connectivity index (χ1) is 40.1. The van der Waals surface area contributed by atoms with Crippen LogP contribution in [-0.4, -0.2) is 191 Å². The van der Waals surface area contributed by atoms with Crippen molar-refractivity contribution in [2.75, 3.05) is 18.8 Å². The van der Waals surface area contributed by atoms with E-state index in [2.05, 4.69) is 49.8 Å². The molecule has 0 bridgehead atoms. The Labute approximate surface area is 493 Å². The number of hydrogen-bond donors (Lipinski definition) is 15. The Morgan fingerprint density at radius 3 is 1.27 bits per heavy atom. The van der Waals surface area contributed by atoms with Crippen LogP contribution in [0.3, 0.4) is 0 Å². The van der Waals surface area contributed by atoms with Crippen LogP contribution in [0.25, 0.3) is 0 Å². The van der Waals surface area contributed by atoms with E-state index >= 15 is 0 Å². The molecule has 0 unspecified atom stereocenters. The monoisotopic (exact) mass is 1200 g/mol. The third kappa shape index (κ3) is 19.6. The van der Waals surface area contributed by atoms with Crippen molar-refractivity contribution in [1.29, 1.82) is 0 Å². The lowest BCUT2D eigenvalue weighted by Gasteiger charge is -2.32. The molecular weight excluding hydrogens is 1130 g/mol. The number of phenolic OH excluding ortho intramolecular Hbond substituents is 3. The summed E-state index contributed by atoms with van der Waals surface area (Å²) in [5.74, 6) is -14.1. The zero-order valence-electron chi connectivity index (χ0n) is 46.8. The predicted molar refractivity (Wildman–Crippen MR) is 303 cm³/mol. The van der Waals surface area contributed by atoms with Crippen LogP contribution in [0.1, 0.15) is 76.0 Å². The van der Waals surface area contributed by atoms with Crippen LogP contribution in [-0.2, 0) is 76.8 Å². The second-order valence-corrected chi connectivity index (χ2v) is 21.4. The van der Waals surface area contributed by atoms with Gasteiger partial charge in [0.2, 0.25) is 53.2 Å². The zero-order chi connectivity index (χ0) is 62.8. The number of aliphatic carboxylic acids is 3. The van der Waals surface area contributed by atoms with Crippen molar-refractivity contribution in [3.05, 3.63) is 89.5 Å². The second-order valence-electron chi connectivity index (χ2n) is 21.1. The first-order valence-corrected chi connectivity index (χ1v) is 27.9. The first-order valence-electron chi connectivity index (χ1n) is 27.3. The molecular formula is C56H72N10O18S. The van der Waals surface area contributed by atoms with Gasteiger partial charge in [0, 0.05) is 38.1 Å². The molecule has 2 aliphatic rings. The molecule has 85 heavy (non-hydrogen) atoms. The van der Waals surface area contributed by atoms with Crippen molar-refractivity contribution in [2.45, 2.75) is 139 Å². The summed E-state index contributed by atoms with van der Waals surface area (Å²) < 4.78 is 0. The van der Waals surface area contributed by atoms with E-state index in [1.54, 1.807) is 12.1 Å². The molecule has 15 N–H and O–H groups in total. The van der Waals surface area contributed by atoms with Crippen LogP contribution >= 0.6 is 12.6 Å². The third-order valence-corrected chi connectivity index (χ3v) is 14.6. The maximum atomic E-state index is 14.5. The Morgan fingerprint density at radius 2 is 0.847 bits per heavy atom. The zero-order valence-corrected chi connectivity index (χ0v) is 47.7. The van der Waals surface area contributed by atoms with Crippen LogP contribution < -0.4 is 43.0 Å².